The zero-order chi connectivity index (χ0) is 11.1. The molecular formula is C10H16BrN3O. The number of nitrogens with two attached hydrogens (primary N) is 1. The predicted octanol–water partition coefficient (Wildman–Crippen LogP) is 1.26. The fourth-order valence-electron chi connectivity index (χ4n) is 1.33. The Morgan fingerprint density at radius 1 is 1.53 bits per heavy atom. The van der Waals surface area contributed by atoms with Crippen molar-refractivity contribution in [2.24, 2.45) is 5.73 Å². The summed E-state index contributed by atoms with van der Waals surface area (Å²) >= 11 is 3.47. The minimum Gasteiger partial charge on any atom is -0.383 e. The molecule has 2 N–H and O–H groups in total. The molecule has 0 atom stereocenters. The van der Waals surface area contributed by atoms with Gasteiger partial charge in [0.2, 0.25) is 0 Å². The number of ether oxygens (including phenoxy) is 1. The summed E-state index contributed by atoms with van der Waals surface area (Å²) in [6.45, 7) is 2.95. The zero-order valence-electron chi connectivity index (χ0n) is 8.82. The van der Waals surface area contributed by atoms with Crippen molar-refractivity contribution in [3.8, 4) is 0 Å². The van der Waals surface area contributed by atoms with E-state index in [2.05, 4.69) is 25.8 Å². The first-order chi connectivity index (χ1) is 7.29. The van der Waals surface area contributed by atoms with Crippen molar-refractivity contribution in [2.75, 3.05) is 38.3 Å². The Morgan fingerprint density at radius 2 is 2.33 bits per heavy atom. The normalized spacial score (nSPS) is 10.3. The minimum atomic E-state index is 0.623. The molecule has 0 unspecified atom stereocenters. The van der Waals surface area contributed by atoms with Gasteiger partial charge in [0.25, 0.3) is 0 Å². The molecule has 0 bridgehead atoms. The molecule has 0 amide bonds. The van der Waals surface area contributed by atoms with Gasteiger partial charge in [0.1, 0.15) is 0 Å². The highest BCUT2D eigenvalue weighted by molar-refractivity contribution is 9.10. The summed E-state index contributed by atoms with van der Waals surface area (Å²) in [5.41, 5.74) is 6.68. The number of hydrogen-bond donors (Lipinski definition) is 1. The molecule has 15 heavy (non-hydrogen) atoms. The van der Waals surface area contributed by atoms with Crippen molar-refractivity contribution < 1.29 is 4.74 Å². The fraction of sp³-hybridized carbons (Fsp3) is 0.500. The Labute approximate surface area is 98.6 Å². The van der Waals surface area contributed by atoms with Crippen LogP contribution in [0.2, 0.25) is 0 Å². The van der Waals surface area contributed by atoms with Crippen LogP contribution in [0.5, 0.6) is 0 Å². The molecule has 0 fully saturated rings. The quantitative estimate of drug-likeness (QED) is 0.848. The Kier molecular flexibility index (Phi) is 5.60. The lowest BCUT2D eigenvalue weighted by Crippen LogP contribution is -2.32. The van der Waals surface area contributed by atoms with Crippen LogP contribution in [-0.2, 0) is 4.74 Å². The van der Waals surface area contributed by atoms with Crippen LogP contribution < -0.4 is 10.6 Å². The van der Waals surface area contributed by atoms with Crippen molar-refractivity contribution in [3.05, 3.63) is 22.9 Å². The number of aromatic nitrogens is 1. The molecule has 0 aliphatic carbocycles. The third-order valence-electron chi connectivity index (χ3n) is 2.06. The monoisotopic (exact) mass is 273 g/mol. The number of rotatable bonds is 6. The number of halogens is 1. The van der Waals surface area contributed by atoms with Gasteiger partial charge in [-0.1, -0.05) is 0 Å². The first-order valence-electron chi connectivity index (χ1n) is 4.83. The van der Waals surface area contributed by atoms with E-state index >= 15 is 0 Å². The van der Waals surface area contributed by atoms with Crippen LogP contribution in [0.15, 0.2) is 22.9 Å². The van der Waals surface area contributed by atoms with Crippen molar-refractivity contribution >= 4 is 21.6 Å². The average molecular weight is 274 g/mol. The molecule has 5 heteroatoms. The summed E-state index contributed by atoms with van der Waals surface area (Å²) in [6.07, 6.45) is 3.56. The molecular weight excluding hydrogens is 258 g/mol. The number of hydrogen-bond acceptors (Lipinski definition) is 4. The van der Waals surface area contributed by atoms with Gasteiger partial charge in [0, 0.05) is 39.1 Å². The SMILES string of the molecule is COCCN(CCN)c1ccncc1Br. The molecule has 0 saturated heterocycles. The maximum atomic E-state index is 5.58. The highest BCUT2D eigenvalue weighted by Gasteiger charge is 2.08. The van der Waals surface area contributed by atoms with Crippen LogP contribution in [-0.4, -0.2) is 38.3 Å². The van der Waals surface area contributed by atoms with Gasteiger partial charge in [-0.25, -0.2) is 0 Å². The highest BCUT2D eigenvalue weighted by atomic mass is 79.9. The van der Waals surface area contributed by atoms with Crippen molar-refractivity contribution in [2.45, 2.75) is 0 Å². The smallest absolute Gasteiger partial charge is 0.0637 e. The van der Waals surface area contributed by atoms with Gasteiger partial charge in [-0.05, 0) is 22.0 Å². The zero-order valence-corrected chi connectivity index (χ0v) is 10.4. The fourth-order valence-corrected chi connectivity index (χ4v) is 1.84. The lowest BCUT2D eigenvalue weighted by molar-refractivity contribution is 0.205. The van der Waals surface area contributed by atoms with Crippen molar-refractivity contribution in [3.63, 3.8) is 0 Å². The maximum Gasteiger partial charge on any atom is 0.0637 e. The van der Waals surface area contributed by atoms with Crippen LogP contribution in [0, 0.1) is 0 Å². The number of nitrogens with zero attached hydrogens (tertiary/aromatic N) is 2. The molecule has 1 rings (SSSR count). The second kappa shape index (κ2) is 6.76. The lowest BCUT2D eigenvalue weighted by Gasteiger charge is -2.24. The van der Waals surface area contributed by atoms with Crippen molar-refractivity contribution in [1.82, 2.24) is 4.98 Å². The van der Waals surface area contributed by atoms with Crippen LogP contribution in [0.25, 0.3) is 0 Å². The maximum absolute atomic E-state index is 5.58. The van der Waals surface area contributed by atoms with Crippen LogP contribution in [0.3, 0.4) is 0 Å². The second-order valence-electron chi connectivity index (χ2n) is 3.10. The molecule has 0 aromatic carbocycles. The molecule has 0 radical (unpaired) electrons. The standard InChI is InChI=1S/C10H16BrN3O/c1-15-7-6-14(5-3-12)10-2-4-13-8-9(10)11/h2,4,8H,3,5-7,12H2,1H3. The summed E-state index contributed by atoms with van der Waals surface area (Å²) in [7, 11) is 1.70. The molecule has 84 valence electrons. The van der Waals surface area contributed by atoms with E-state index in [0.29, 0.717) is 13.2 Å². The minimum absolute atomic E-state index is 0.623. The largest absolute Gasteiger partial charge is 0.383 e. The third-order valence-corrected chi connectivity index (χ3v) is 2.67. The van der Waals surface area contributed by atoms with E-state index in [1.807, 2.05) is 6.07 Å². The summed E-state index contributed by atoms with van der Waals surface area (Å²) in [5, 5.41) is 0. The van der Waals surface area contributed by atoms with Gasteiger partial charge in [-0.15, -0.1) is 0 Å². The van der Waals surface area contributed by atoms with E-state index in [9.17, 15) is 0 Å². The van der Waals surface area contributed by atoms with E-state index < -0.39 is 0 Å². The molecule has 0 aliphatic heterocycles. The van der Waals surface area contributed by atoms with E-state index in [1.165, 1.54) is 0 Å². The molecule has 4 nitrogen and oxygen atoms in total. The number of anilines is 1. The average Bonchev–Trinajstić information content (AvgIpc) is 2.25. The number of pyridine rings is 1. The predicted molar refractivity (Wildman–Crippen MR) is 65.1 cm³/mol. The first-order valence-corrected chi connectivity index (χ1v) is 5.62. The Balaban J connectivity index is 2.74. The first kappa shape index (κ1) is 12.4. The highest BCUT2D eigenvalue weighted by Crippen LogP contribution is 2.24. The van der Waals surface area contributed by atoms with Crippen LogP contribution >= 0.6 is 15.9 Å². The molecule has 0 saturated carbocycles. The van der Waals surface area contributed by atoms with E-state index in [1.54, 1.807) is 19.5 Å². The Hall–Kier alpha value is -0.650. The third kappa shape index (κ3) is 3.77. The van der Waals surface area contributed by atoms with Gasteiger partial charge in [-0.2, -0.15) is 0 Å². The topological polar surface area (TPSA) is 51.4 Å². The molecule has 1 heterocycles. The van der Waals surface area contributed by atoms with Gasteiger partial charge in [0.05, 0.1) is 16.8 Å². The van der Waals surface area contributed by atoms with E-state index in [4.69, 9.17) is 10.5 Å². The molecule has 1 aromatic heterocycles. The van der Waals surface area contributed by atoms with Crippen molar-refractivity contribution in [1.29, 1.82) is 0 Å². The van der Waals surface area contributed by atoms with Gasteiger partial charge < -0.3 is 15.4 Å². The van der Waals surface area contributed by atoms with Crippen LogP contribution in [0.1, 0.15) is 0 Å². The summed E-state index contributed by atoms with van der Waals surface area (Å²) in [5.74, 6) is 0. The molecule has 0 aliphatic rings. The summed E-state index contributed by atoms with van der Waals surface area (Å²) < 4.78 is 6.05. The van der Waals surface area contributed by atoms with Gasteiger partial charge in [-0.3, -0.25) is 4.98 Å². The molecule has 0 spiro atoms. The van der Waals surface area contributed by atoms with E-state index in [-0.39, 0.29) is 0 Å². The Bertz CT molecular complexity index is 296. The van der Waals surface area contributed by atoms with Crippen LogP contribution in [0.4, 0.5) is 5.69 Å². The lowest BCUT2D eigenvalue weighted by atomic mass is 10.3. The van der Waals surface area contributed by atoms with Gasteiger partial charge in [0.15, 0.2) is 0 Å². The Morgan fingerprint density at radius 3 is 2.93 bits per heavy atom. The second-order valence-corrected chi connectivity index (χ2v) is 3.95. The summed E-state index contributed by atoms with van der Waals surface area (Å²) in [6, 6.07) is 1.97. The molecule has 1 aromatic rings. The summed E-state index contributed by atoms with van der Waals surface area (Å²) in [4.78, 5) is 6.21. The number of methoxy groups -OCH3 is 1. The van der Waals surface area contributed by atoms with Gasteiger partial charge >= 0.3 is 0 Å². The van der Waals surface area contributed by atoms with E-state index in [0.717, 1.165) is 23.2 Å².